The molecule has 0 bridgehead atoms. The first kappa shape index (κ1) is 11.0. The number of nitrogens with two attached hydrogens (primary N) is 1. The van der Waals surface area contributed by atoms with Crippen LogP contribution in [0.4, 0.5) is 5.95 Å². The largest absolute Gasteiger partial charge is 0.368 e. The predicted molar refractivity (Wildman–Crippen MR) is 81.2 cm³/mol. The van der Waals surface area contributed by atoms with Gasteiger partial charge in [-0.3, -0.25) is 0 Å². The number of H-pyrrole nitrogens is 1. The van der Waals surface area contributed by atoms with E-state index in [0.717, 1.165) is 33.1 Å². The quantitative estimate of drug-likeness (QED) is 0.551. The molecule has 2 heterocycles. The van der Waals surface area contributed by atoms with Gasteiger partial charge in [-0.25, -0.2) is 9.97 Å². The SMILES string of the molecule is Nc1ncc2ccc3cc(-c4ccccc4)[nH]c3c2n1. The van der Waals surface area contributed by atoms with E-state index >= 15 is 0 Å². The normalized spacial score (nSPS) is 11.2. The zero-order chi connectivity index (χ0) is 13.5. The second kappa shape index (κ2) is 4.06. The molecular weight excluding hydrogens is 248 g/mol. The fraction of sp³-hybridized carbons (Fsp3) is 0. The Hall–Kier alpha value is -2.88. The lowest BCUT2D eigenvalue weighted by Gasteiger charge is -1.99. The zero-order valence-corrected chi connectivity index (χ0v) is 10.7. The van der Waals surface area contributed by atoms with Crippen molar-refractivity contribution >= 4 is 27.8 Å². The van der Waals surface area contributed by atoms with Gasteiger partial charge in [0.05, 0.1) is 11.0 Å². The summed E-state index contributed by atoms with van der Waals surface area (Å²) in [6.07, 6.45) is 1.75. The molecule has 0 unspecified atom stereocenters. The van der Waals surface area contributed by atoms with Gasteiger partial charge in [0.15, 0.2) is 0 Å². The van der Waals surface area contributed by atoms with Crippen molar-refractivity contribution in [2.24, 2.45) is 0 Å². The van der Waals surface area contributed by atoms with E-state index in [4.69, 9.17) is 5.73 Å². The highest BCUT2D eigenvalue weighted by Crippen LogP contribution is 2.28. The van der Waals surface area contributed by atoms with Crippen molar-refractivity contribution in [1.29, 1.82) is 0 Å². The van der Waals surface area contributed by atoms with Gasteiger partial charge >= 0.3 is 0 Å². The molecule has 4 nitrogen and oxygen atoms in total. The summed E-state index contributed by atoms with van der Waals surface area (Å²) in [6.45, 7) is 0. The van der Waals surface area contributed by atoms with Gasteiger partial charge in [0, 0.05) is 22.7 Å². The maximum absolute atomic E-state index is 5.70. The second-order valence-corrected chi connectivity index (χ2v) is 4.74. The topological polar surface area (TPSA) is 67.6 Å². The molecule has 2 aromatic heterocycles. The molecule has 0 radical (unpaired) electrons. The summed E-state index contributed by atoms with van der Waals surface area (Å²) in [6, 6.07) is 16.4. The summed E-state index contributed by atoms with van der Waals surface area (Å²) < 4.78 is 0. The van der Waals surface area contributed by atoms with Crippen molar-refractivity contribution in [3.05, 3.63) is 54.7 Å². The lowest BCUT2D eigenvalue weighted by atomic mass is 10.1. The summed E-state index contributed by atoms with van der Waals surface area (Å²) in [5, 5.41) is 2.10. The van der Waals surface area contributed by atoms with E-state index in [2.05, 4.69) is 39.2 Å². The first-order valence-electron chi connectivity index (χ1n) is 6.41. The van der Waals surface area contributed by atoms with Crippen molar-refractivity contribution in [2.75, 3.05) is 5.73 Å². The Balaban J connectivity index is 2.04. The summed E-state index contributed by atoms with van der Waals surface area (Å²) in [7, 11) is 0. The minimum atomic E-state index is 0.292. The van der Waals surface area contributed by atoms with Gasteiger partial charge in [0.2, 0.25) is 5.95 Å². The zero-order valence-electron chi connectivity index (χ0n) is 10.7. The average molecular weight is 260 g/mol. The Labute approximate surface area is 115 Å². The van der Waals surface area contributed by atoms with E-state index in [9.17, 15) is 0 Å². The summed E-state index contributed by atoms with van der Waals surface area (Å²) in [5.74, 6) is 0.292. The Morgan fingerprint density at radius 1 is 0.950 bits per heavy atom. The molecule has 4 aromatic rings. The first-order valence-corrected chi connectivity index (χ1v) is 6.41. The van der Waals surface area contributed by atoms with Crippen molar-refractivity contribution in [2.45, 2.75) is 0 Å². The predicted octanol–water partition coefficient (Wildman–Crippen LogP) is 3.36. The Kier molecular flexibility index (Phi) is 2.23. The van der Waals surface area contributed by atoms with Gasteiger partial charge in [0.25, 0.3) is 0 Å². The van der Waals surface area contributed by atoms with Crippen molar-refractivity contribution in [1.82, 2.24) is 15.0 Å². The Morgan fingerprint density at radius 3 is 2.60 bits per heavy atom. The molecule has 4 heteroatoms. The number of aromatic nitrogens is 3. The molecule has 0 amide bonds. The molecule has 3 N–H and O–H groups in total. The fourth-order valence-electron chi connectivity index (χ4n) is 2.48. The molecule has 0 saturated heterocycles. The third-order valence-electron chi connectivity index (χ3n) is 3.45. The van der Waals surface area contributed by atoms with Crippen LogP contribution in [0.1, 0.15) is 0 Å². The second-order valence-electron chi connectivity index (χ2n) is 4.74. The number of nitrogen functional groups attached to an aromatic ring is 1. The van der Waals surface area contributed by atoms with E-state index < -0.39 is 0 Å². The number of benzene rings is 2. The molecule has 0 saturated carbocycles. The molecule has 20 heavy (non-hydrogen) atoms. The molecular formula is C16H12N4. The molecule has 4 rings (SSSR count). The van der Waals surface area contributed by atoms with Crippen molar-refractivity contribution < 1.29 is 0 Å². The van der Waals surface area contributed by atoms with Crippen molar-refractivity contribution in [3.63, 3.8) is 0 Å². The fourth-order valence-corrected chi connectivity index (χ4v) is 2.48. The van der Waals surface area contributed by atoms with Crippen LogP contribution in [0, 0.1) is 0 Å². The van der Waals surface area contributed by atoms with Crippen LogP contribution >= 0.6 is 0 Å². The Bertz CT molecular complexity index is 910. The van der Waals surface area contributed by atoms with Gasteiger partial charge in [-0.2, -0.15) is 0 Å². The van der Waals surface area contributed by atoms with Crippen LogP contribution in [0.15, 0.2) is 54.7 Å². The number of aromatic amines is 1. The third-order valence-corrected chi connectivity index (χ3v) is 3.45. The number of fused-ring (bicyclic) bond motifs is 3. The molecule has 0 aliphatic rings. The molecule has 0 aliphatic heterocycles. The number of hydrogen-bond donors (Lipinski definition) is 2. The van der Waals surface area contributed by atoms with E-state index in [1.807, 2.05) is 24.3 Å². The molecule has 0 aliphatic carbocycles. The summed E-state index contributed by atoms with van der Waals surface area (Å²) in [4.78, 5) is 11.8. The van der Waals surface area contributed by atoms with Gasteiger partial charge in [-0.1, -0.05) is 42.5 Å². The van der Waals surface area contributed by atoms with Crippen LogP contribution in [-0.4, -0.2) is 15.0 Å². The minimum Gasteiger partial charge on any atom is -0.368 e. The number of rotatable bonds is 1. The number of nitrogens with one attached hydrogen (secondary N) is 1. The molecule has 2 aromatic carbocycles. The highest BCUT2D eigenvalue weighted by molar-refractivity contribution is 6.04. The van der Waals surface area contributed by atoms with Crippen LogP contribution in [-0.2, 0) is 0 Å². The van der Waals surface area contributed by atoms with Gasteiger partial charge in [-0.05, 0) is 11.6 Å². The number of hydrogen-bond acceptors (Lipinski definition) is 3. The summed E-state index contributed by atoms with van der Waals surface area (Å²) in [5.41, 5.74) is 9.78. The minimum absolute atomic E-state index is 0.292. The van der Waals surface area contributed by atoms with E-state index in [1.165, 1.54) is 0 Å². The summed E-state index contributed by atoms with van der Waals surface area (Å²) >= 11 is 0. The van der Waals surface area contributed by atoms with Crippen LogP contribution in [0.25, 0.3) is 33.1 Å². The molecule has 96 valence electrons. The maximum Gasteiger partial charge on any atom is 0.220 e. The van der Waals surface area contributed by atoms with Crippen LogP contribution in [0.3, 0.4) is 0 Å². The first-order chi connectivity index (χ1) is 9.81. The molecule has 0 atom stereocenters. The van der Waals surface area contributed by atoms with Crippen LogP contribution < -0.4 is 5.73 Å². The monoisotopic (exact) mass is 260 g/mol. The highest BCUT2D eigenvalue weighted by Gasteiger charge is 2.08. The smallest absolute Gasteiger partial charge is 0.220 e. The maximum atomic E-state index is 5.70. The standard InChI is InChI=1S/C16H12N4/c17-16-18-9-12-7-6-11-8-13(10-4-2-1-3-5-10)19-14(11)15(12)20-16/h1-9,19H,(H2,17,18,20). The third kappa shape index (κ3) is 1.62. The van der Waals surface area contributed by atoms with Crippen LogP contribution in [0.5, 0.6) is 0 Å². The number of nitrogens with zero attached hydrogens (tertiary/aromatic N) is 2. The van der Waals surface area contributed by atoms with Gasteiger partial charge in [-0.15, -0.1) is 0 Å². The lowest BCUT2D eigenvalue weighted by molar-refractivity contribution is 1.24. The van der Waals surface area contributed by atoms with Gasteiger partial charge in [0.1, 0.15) is 0 Å². The van der Waals surface area contributed by atoms with Crippen molar-refractivity contribution in [3.8, 4) is 11.3 Å². The highest BCUT2D eigenvalue weighted by atomic mass is 15.0. The van der Waals surface area contributed by atoms with E-state index in [-0.39, 0.29) is 0 Å². The lowest BCUT2D eigenvalue weighted by Crippen LogP contribution is -1.94. The van der Waals surface area contributed by atoms with E-state index in [0.29, 0.717) is 5.95 Å². The van der Waals surface area contributed by atoms with E-state index in [1.54, 1.807) is 6.20 Å². The average Bonchev–Trinajstić information content (AvgIpc) is 2.93. The number of anilines is 1. The molecule has 0 fully saturated rings. The van der Waals surface area contributed by atoms with Gasteiger partial charge < -0.3 is 10.7 Å². The Morgan fingerprint density at radius 2 is 1.75 bits per heavy atom. The van der Waals surface area contributed by atoms with Crippen LogP contribution in [0.2, 0.25) is 0 Å². The molecule has 0 spiro atoms.